The topological polar surface area (TPSA) is 23.8 Å². The summed E-state index contributed by atoms with van der Waals surface area (Å²) < 4.78 is 0.231. The summed E-state index contributed by atoms with van der Waals surface area (Å²) >= 11 is 1.67. The first-order chi connectivity index (χ1) is 19.7. The third kappa shape index (κ3) is 28.0. The number of hydrogen-bond acceptors (Lipinski definition) is 2. The summed E-state index contributed by atoms with van der Waals surface area (Å²) in [6, 6.07) is 0. The summed E-state index contributed by atoms with van der Waals surface area (Å²) in [7, 11) is 0. The molecule has 1 nitrogen and oxygen atoms in total. The van der Waals surface area contributed by atoms with Crippen molar-refractivity contribution in [1.29, 1.82) is 5.26 Å². The zero-order valence-corrected chi connectivity index (χ0v) is 29.0. The van der Waals surface area contributed by atoms with Crippen LogP contribution in [0.25, 0.3) is 0 Å². The molecule has 0 aromatic rings. The number of hydrogen-bond donors (Lipinski definition) is 0. The molecule has 0 amide bonds. The number of nitriles is 1. The van der Waals surface area contributed by atoms with Crippen LogP contribution in [0, 0.1) is 10.7 Å². The van der Waals surface area contributed by atoms with Crippen LogP contribution in [-0.2, 0) is 0 Å². The quantitative estimate of drug-likeness (QED) is 0.0561. The molecule has 0 aliphatic heterocycles. The summed E-state index contributed by atoms with van der Waals surface area (Å²) in [5.41, 5.74) is 0. The van der Waals surface area contributed by atoms with Crippen LogP contribution in [0.15, 0.2) is 0 Å². The van der Waals surface area contributed by atoms with Gasteiger partial charge in [0.05, 0.1) is 0 Å². The first kappa shape index (κ1) is 39.8. The van der Waals surface area contributed by atoms with Gasteiger partial charge in [0.15, 0.2) is 0 Å². The van der Waals surface area contributed by atoms with Gasteiger partial charge in [-0.15, -0.1) is 0 Å². The molecule has 40 heavy (non-hydrogen) atoms. The Morgan fingerprint density at radius 1 is 0.350 bits per heavy atom. The lowest BCUT2D eigenvalue weighted by Gasteiger charge is -2.31. The van der Waals surface area contributed by atoms with Gasteiger partial charge in [-0.25, -0.2) is 0 Å². The highest BCUT2D eigenvalue weighted by atomic mass is 32.2. The Kier molecular flexibility index (Phi) is 33.2. The maximum Gasteiger partial charge on any atom is 0.133 e. The molecule has 0 aliphatic carbocycles. The lowest BCUT2D eigenvalue weighted by molar-refractivity contribution is 0.403. The van der Waals surface area contributed by atoms with E-state index in [1.807, 2.05) is 0 Å². The number of thioether (sulfide) groups is 1. The van der Waals surface area contributed by atoms with Crippen LogP contribution in [-0.4, -0.2) is 4.75 Å². The Bertz CT molecular complexity index is 450. The lowest BCUT2D eigenvalue weighted by atomic mass is 9.88. The van der Waals surface area contributed by atoms with Crippen molar-refractivity contribution < 1.29 is 0 Å². The second kappa shape index (κ2) is 33.3. The molecular formula is C38H75NS. The molecule has 0 aromatic carbocycles. The Labute approximate surface area is 259 Å². The van der Waals surface area contributed by atoms with E-state index in [9.17, 15) is 5.26 Å². The average molecular weight is 578 g/mol. The highest BCUT2D eigenvalue weighted by Gasteiger charge is 2.29. The minimum absolute atomic E-state index is 0.231. The largest absolute Gasteiger partial charge is 0.185 e. The van der Waals surface area contributed by atoms with E-state index in [4.69, 9.17) is 0 Å². The van der Waals surface area contributed by atoms with Crippen LogP contribution in [0.1, 0.15) is 233 Å². The molecule has 0 heterocycles. The van der Waals surface area contributed by atoms with Gasteiger partial charge in [0.2, 0.25) is 0 Å². The Morgan fingerprint density at radius 3 is 0.750 bits per heavy atom. The van der Waals surface area contributed by atoms with Gasteiger partial charge in [-0.2, -0.15) is 5.26 Å². The first-order valence-corrected chi connectivity index (χ1v) is 19.6. The van der Waals surface area contributed by atoms with Gasteiger partial charge in [-0.05, 0) is 31.0 Å². The summed E-state index contributed by atoms with van der Waals surface area (Å²) in [5, 5.41) is 12.4. The Morgan fingerprint density at radius 2 is 0.550 bits per heavy atom. The molecule has 0 bridgehead atoms. The third-order valence-corrected chi connectivity index (χ3v) is 10.4. The monoisotopic (exact) mass is 578 g/mol. The molecule has 0 rings (SSSR count). The van der Waals surface area contributed by atoms with E-state index in [1.165, 1.54) is 212 Å². The van der Waals surface area contributed by atoms with Crippen molar-refractivity contribution in [3.05, 3.63) is 0 Å². The molecule has 0 aliphatic rings. The molecular weight excluding hydrogens is 502 g/mol. The molecule has 0 spiro atoms. The van der Waals surface area contributed by atoms with Crippen molar-refractivity contribution in [1.82, 2.24) is 0 Å². The number of thiocyanates is 1. The van der Waals surface area contributed by atoms with Crippen LogP contribution in [0.5, 0.6) is 0 Å². The fraction of sp³-hybridized carbons (Fsp3) is 0.974. The molecule has 0 aromatic heterocycles. The third-order valence-electron chi connectivity index (χ3n) is 9.22. The van der Waals surface area contributed by atoms with Gasteiger partial charge in [0, 0.05) is 4.75 Å². The Balaban J connectivity index is 4.37. The zero-order valence-electron chi connectivity index (χ0n) is 28.2. The van der Waals surface area contributed by atoms with E-state index in [-0.39, 0.29) is 4.75 Å². The normalized spacial score (nSPS) is 11.8. The smallest absolute Gasteiger partial charge is 0.133 e. The molecule has 0 radical (unpaired) electrons. The molecule has 0 saturated carbocycles. The highest BCUT2D eigenvalue weighted by molar-refractivity contribution is 8.05. The molecule has 0 atom stereocenters. The van der Waals surface area contributed by atoms with E-state index in [2.05, 4.69) is 26.2 Å². The minimum atomic E-state index is 0.231. The highest BCUT2D eigenvalue weighted by Crippen LogP contribution is 2.40. The second-order valence-corrected chi connectivity index (χ2v) is 14.4. The predicted octanol–water partition coefficient (Wildman–Crippen LogP) is 14.9. The lowest BCUT2D eigenvalue weighted by Crippen LogP contribution is -2.24. The van der Waals surface area contributed by atoms with Crippen molar-refractivity contribution in [2.24, 2.45) is 0 Å². The summed E-state index contributed by atoms with van der Waals surface area (Å²) in [4.78, 5) is 0. The molecule has 0 N–H and O–H groups in total. The van der Waals surface area contributed by atoms with Crippen molar-refractivity contribution in [3.63, 3.8) is 0 Å². The maximum absolute atomic E-state index is 9.80. The second-order valence-electron chi connectivity index (χ2n) is 13.2. The van der Waals surface area contributed by atoms with Crippen LogP contribution < -0.4 is 0 Å². The summed E-state index contributed by atoms with van der Waals surface area (Å²) in [6.07, 6.45) is 45.9. The first-order valence-electron chi connectivity index (χ1n) is 18.8. The fourth-order valence-electron chi connectivity index (χ4n) is 6.43. The Hall–Kier alpha value is -0.160. The van der Waals surface area contributed by atoms with Crippen molar-refractivity contribution >= 4 is 11.8 Å². The van der Waals surface area contributed by atoms with Crippen LogP contribution in [0.4, 0.5) is 0 Å². The summed E-state index contributed by atoms with van der Waals surface area (Å²) in [6.45, 7) is 6.91. The van der Waals surface area contributed by atoms with Crippen molar-refractivity contribution in [3.8, 4) is 5.40 Å². The fourth-order valence-corrected chi connectivity index (χ4v) is 7.36. The van der Waals surface area contributed by atoms with Crippen molar-refractivity contribution in [2.75, 3.05) is 0 Å². The SMILES string of the molecule is CCCCCCCCCCCCC(CCCCCCCCCCCC)(CCCCCCCCCCCC)SC#N. The number of nitrogens with zero attached hydrogens (tertiary/aromatic N) is 1. The van der Waals surface area contributed by atoms with Crippen LogP contribution >= 0.6 is 11.8 Å². The predicted molar refractivity (Wildman–Crippen MR) is 185 cm³/mol. The van der Waals surface area contributed by atoms with Crippen LogP contribution in [0.2, 0.25) is 0 Å². The van der Waals surface area contributed by atoms with Crippen molar-refractivity contribution in [2.45, 2.75) is 237 Å². The van der Waals surface area contributed by atoms with E-state index < -0.39 is 0 Å². The zero-order chi connectivity index (χ0) is 29.2. The maximum atomic E-state index is 9.80. The van der Waals surface area contributed by atoms with E-state index >= 15 is 0 Å². The molecule has 0 unspecified atom stereocenters. The van der Waals surface area contributed by atoms with Gasteiger partial charge in [0.1, 0.15) is 5.40 Å². The number of rotatable bonds is 34. The van der Waals surface area contributed by atoms with Gasteiger partial charge in [-0.3, -0.25) is 0 Å². The van der Waals surface area contributed by atoms with Gasteiger partial charge < -0.3 is 0 Å². The molecule has 0 fully saturated rings. The summed E-state index contributed by atoms with van der Waals surface area (Å²) in [5.74, 6) is 0. The number of unbranched alkanes of at least 4 members (excludes halogenated alkanes) is 27. The van der Waals surface area contributed by atoms with Gasteiger partial charge in [0.25, 0.3) is 0 Å². The van der Waals surface area contributed by atoms with Crippen LogP contribution in [0.3, 0.4) is 0 Å². The van der Waals surface area contributed by atoms with E-state index in [0.29, 0.717) is 0 Å². The average Bonchev–Trinajstić information content (AvgIpc) is 2.96. The van der Waals surface area contributed by atoms with E-state index in [1.54, 1.807) is 11.8 Å². The minimum Gasteiger partial charge on any atom is -0.185 e. The van der Waals surface area contributed by atoms with Gasteiger partial charge in [-0.1, -0.05) is 213 Å². The van der Waals surface area contributed by atoms with E-state index in [0.717, 1.165) is 0 Å². The molecule has 2 heteroatoms. The van der Waals surface area contributed by atoms with Gasteiger partial charge >= 0.3 is 0 Å². The molecule has 0 saturated heterocycles. The standard InChI is InChI=1S/C38H75NS/c1-4-7-10-13-16-19-22-25-28-31-34-38(40-37-39,35-32-29-26-23-20-17-14-11-8-5-2)36-33-30-27-24-21-18-15-12-9-6-3/h4-36H2,1-3H3. The molecule has 238 valence electrons.